The molecule has 1 aliphatic heterocycles. The van der Waals surface area contributed by atoms with Crippen LogP contribution >= 0.6 is 0 Å². The number of fused-ring (bicyclic) bond motifs is 1. The van der Waals surface area contributed by atoms with Crippen molar-refractivity contribution in [2.75, 3.05) is 11.9 Å². The molecule has 0 radical (unpaired) electrons. The van der Waals surface area contributed by atoms with Crippen LogP contribution in [0.4, 0.5) is 10.6 Å². The number of nitrogens with zero attached hydrogens (tertiary/aromatic N) is 3. The number of ether oxygens (including phenoxy) is 1. The molecule has 0 saturated carbocycles. The molecule has 2 N–H and O–H groups in total. The molecule has 26 heavy (non-hydrogen) atoms. The zero-order chi connectivity index (χ0) is 17.8. The summed E-state index contributed by atoms with van der Waals surface area (Å²) in [6.45, 7) is 1.05. The van der Waals surface area contributed by atoms with Crippen molar-refractivity contribution in [1.29, 1.82) is 0 Å². The van der Waals surface area contributed by atoms with Crippen molar-refractivity contribution in [3.05, 3.63) is 71.9 Å². The average Bonchev–Trinajstić information content (AvgIpc) is 3.09. The van der Waals surface area contributed by atoms with Crippen LogP contribution in [0, 0.1) is 0 Å². The molecule has 7 heteroatoms. The van der Waals surface area contributed by atoms with Gasteiger partial charge in [0, 0.05) is 0 Å². The fourth-order valence-electron chi connectivity index (χ4n) is 2.96. The lowest BCUT2D eigenvalue weighted by Gasteiger charge is -2.25. The lowest BCUT2D eigenvalue weighted by molar-refractivity contribution is 0.222. The summed E-state index contributed by atoms with van der Waals surface area (Å²) < 4.78 is 7.37. The molecule has 2 heterocycles. The molecule has 7 nitrogen and oxygen atoms in total. The summed E-state index contributed by atoms with van der Waals surface area (Å²) in [5.74, 6) is 1.30. The van der Waals surface area contributed by atoms with E-state index in [2.05, 4.69) is 20.9 Å². The highest BCUT2D eigenvalue weighted by Gasteiger charge is 2.21. The molecule has 2 aromatic carbocycles. The molecule has 4 rings (SSSR count). The van der Waals surface area contributed by atoms with Crippen molar-refractivity contribution in [2.24, 2.45) is 0 Å². The Bertz CT molecular complexity index is 894. The minimum atomic E-state index is -0.315. The molecular formula is C19H19N5O2. The fraction of sp³-hybridized carbons (Fsp3) is 0.211. The van der Waals surface area contributed by atoms with E-state index in [9.17, 15) is 4.79 Å². The van der Waals surface area contributed by atoms with Crippen LogP contribution in [-0.4, -0.2) is 33.7 Å². The van der Waals surface area contributed by atoms with Crippen molar-refractivity contribution in [3.8, 4) is 5.75 Å². The van der Waals surface area contributed by atoms with Gasteiger partial charge < -0.3 is 10.1 Å². The summed E-state index contributed by atoms with van der Waals surface area (Å²) >= 11 is 0. The normalized spacial score (nSPS) is 15.6. The van der Waals surface area contributed by atoms with E-state index < -0.39 is 0 Å². The Hall–Kier alpha value is -3.35. The molecule has 0 saturated heterocycles. The first-order chi connectivity index (χ1) is 12.8. The summed E-state index contributed by atoms with van der Waals surface area (Å²) in [4.78, 5) is 12.2. The Morgan fingerprint density at radius 3 is 2.85 bits per heavy atom. The number of benzene rings is 2. The number of anilines is 1. The number of nitrogens with one attached hydrogen (secondary N) is 2. The first-order valence-corrected chi connectivity index (χ1v) is 8.48. The minimum absolute atomic E-state index is 0.0794. The van der Waals surface area contributed by atoms with Crippen LogP contribution in [0.1, 0.15) is 11.1 Å². The fourth-order valence-corrected chi connectivity index (χ4v) is 2.96. The van der Waals surface area contributed by atoms with Gasteiger partial charge in [-0.2, -0.15) is 0 Å². The standard InChI is InChI=1S/C19H19N5O2/c25-19(20-16-10-15-8-4-5-9-17(15)26-13-16)21-18-12-24(23-22-18)11-14-6-2-1-3-7-14/h1-9,12,16H,10-11,13H2,(H2,20,21,25). The molecule has 132 valence electrons. The molecule has 0 fully saturated rings. The Kier molecular flexibility index (Phi) is 4.51. The van der Waals surface area contributed by atoms with Gasteiger partial charge in [-0.15, -0.1) is 5.10 Å². The highest BCUT2D eigenvalue weighted by molar-refractivity contribution is 5.88. The lowest BCUT2D eigenvalue weighted by atomic mass is 10.0. The molecule has 1 aliphatic rings. The number of carbonyl (C=O) groups excluding carboxylic acids is 1. The Morgan fingerprint density at radius 1 is 1.15 bits per heavy atom. The van der Waals surface area contributed by atoms with Gasteiger partial charge in [0.15, 0.2) is 5.82 Å². The molecule has 1 atom stereocenters. The third-order valence-corrected chi connectivity index (χ3v) is 4.18. The molecule has 0 spiro atoms. The zero-order valence-electron chi connectivity index (χ0n) is 14.1. The van der Waals surface area contributed by atoms with Crippen LogP contribution in [0.3, 0.4) is 0 Å². The number of hydrogen-bond donors (Lipinski definition) is 2. The number of carbonyl (C=O) groups is 1. The third-order valence-electron chi connectivity index (χ3n) is 4.18. The van der Waals surface area contributed by atoms with Crippen molar-refractivity contribution in [1.82, 2.24) is 20.3 Å². The third kappa shape index (κ3) is 3.83. The Labute approximate surface area is 151 Å². The lowest BCUT2D eigenvalue weighted by Crippen LogP contribution is -2.44. The highest BCUT2D eigenvalue weighted by atomic mass is 16.5. The van der Waals surface area contributed by atoms with Crippen molar-refractivity contribution < 1.29 is 9.53 Å². The van der Waals surface area contributed by atoms with E-state index in [1.807, 2.05) is 54.6 Å². The summed E-state index contributed by atoms with van der Waals surface area (Å²) in [6, 6.07) is 17.4. The number of amides is 2. The second-order valence-corrected chi connectivity index (χ2v) is 6.21. The number of urea groups is 1. The van der Waals surface area contributed by atoms with E-state index in [1.54, 1.807) is 10.9 Å². The summed E-state index contributed by atoms with van der Waals surface area (Å²) in [6.07, 6.45) is 2.45. The van der Waals surface area contributed by atoms with E-state index in [0.29, 0.717) is 19.0 Å². The predicted molar refractivity (Wildman–Crippen MR) is 97.1 cm³/mol. The van der Waals surface area contributed by atoms with Crippen molar-refractivity contribution in [3.63, 3.8) is 0 Å². The molecule has 0 aliphatic carbocycles. The number of rotatable bonds is 4. The van der Waals surface area contributed by atoms with E-state index in [1.165, 1.54) is 0 Å². The maximum absolute atomic E-state index is 12.2. The van der Waals surface area contributed by atoms with Gasteiger partial charge >= 0.3 is 6.03 Å². The minimum Gasteiger partial charge on any atom is -0.491 e. The number of para-hydroxylation sites is 1. The smallest absolute Gasteiger partial charge is 0.320 e. The summed E-state index contributed by atoms with van der Waals surface area (Å²) in [5.41, 5.74) is 2.21. The van der Waals surface area contributed by atoms with E-state index in [0.717, 1.165) is 23.3 Å². The van der Waals surface area contributed by atoms with Crippen LogP contribution in [0.5, 0.6) is 5.75 Å². The maximum Gasteiger partial charge on any atom is 0.320 e. The van der Waals surface area contributed by atoms with Crippen LogP contribution in [0.2, 0.25) is 0 Å². The van der Waals surface area contributed by atoms with Gasteiger partial charge in [0.2, 0.25) is 0 Å². The largest absolute Gasteiger partial charge is 0.491 e. The monoisotopic (exact) mass is 349 g/mol. The van der Waals surface area contributed by atoms with Crippen LogP contribution in [-0.2, 0) is 13.0 Å². The number of hydrogen-bond acceptors (Lipinski definition) is 4. The SMILES string of the molecule is O=C(Nc1cn(Cc2ccccc2)nn1)NC1COc2ccccc2C1. The zero-order valence-corrected chi connectivity index (χ0v) is 14.1. The maximum atomic E-state index is 12.2. The van der Waals surface area contributed by atoms with Gasteiger partial charge in [-0.1, -0.05) is 53.7 Å². The molecule has 2 amide bonds. The van der Waals surface area contributed by atoms with Gasteiger partial charge in [0.25, 0.3) is 0 Å². The summed E-state index contributed by atoms with van der Waals surface area (Å²) in [5, 5.41) is 13.7. The van der Waals surface area contributed by atoms with Gasteiger partial charge in [0.1, 0.15) is 12.4 Å². The molecular weight excluding hydrogens is 330 g/mol. The second-order valence-electron chi connectivity index (χ2n) is 6.21. The quantitative estimate of drug-likeness (QED) is 0.758. The van der Waals surface area contributed by atoms with E-state index in [4.69, 9.17) is 4.74 Å². The van der Waals surface area contributed by atoms with Crippen LogP contribution in [0.25, 0.3) is 0 Å². The molecule has 1 aromatic heterocycles. The molecule has 3 aromatic rings. The van der Waals surface area contributed by atoms with Gasteiger partial charge in [0.05, 0.1) is 18.8 Å². The van der Waals surface area contributed by atoms with Crippen molar-refractivity contribution in [2.45, 2.75) is 19.0 Å². The van der Waals surface area contributed by atoms with Crippen LogP contribution in [0.15, 0.2) is 60.8 Å². The first kappa shape index (κ1) is 16.1. The highest BCUT2D eigenvalue weighted by Crippen LogP contribution is 2.23. The van der Waals surface area contributed by atoms with Gasteiger partial charge in [-0.05, 0) is 23.6 Å². The Morgan fingerprint density at radius 2 is 1.96 bits per heavy atom. The summed E-state index contributed by atoms with van der Waals surface area (Å²) in [7, 11) is 0. The first-order valence-electron chi connectivity index (χ1n) is 8.48. The number of aromatic nitrogens is 3. The predicted octanol–water partition coefficient (Wildman–Crippen LogP) is 2.45. The van der Waals surface area contributed by atoms with Gasteiger partial charge in [-0.3, -0.25) is 5.32 Å². The van der Waals surface area contributed by atoms with E-state index >= 15 is 0 Å². The molecule has 1 unspecified atom stereocenters. The van der Waals surface area contributed by atoms with E-state index in [-0.39, 0.29) is 12.1 Å². The van der Waals surface area contributed by atoms with Crippen molar-refractivity contribution >= 4 is 11.8 Å². The molecule has 0 bridgehead atoms. The topological polar surface area (TPSA) is 81.1 Å². The Balaban J connectivity index is 1.31. The van der Waals surface area contributed by atoms with Gasteiger partial charge in [-0.25, -0.2) is 9.48 Å². The second kappa shape index (κ2) is 7.26. The van der Waals surface area contributed by atoms with Crippen LogP contribution < -0.4 is 15.4 Å². The average molecular weight is 349 g/mol.